The van der Waals surface area contributed by atoms with Gasteiger partial charge in [-0.05, 0) is 54.8 Å². The molecule has 0 amide bonds. The molecular formula is C22H21ClFN5O2. The van der Waals surface area contributed by atoms with Crippen molar-refractivity contribution in [2.45, 2.75) is 18.9 Å². The number of halogens is 2. The van der Waals surface area contributed by atoms with E-state index in [1.165, 1.54) is 18.2 Å². The molecule has 1 heterocycles. The number of carbonyl (C=O) groups is 1. The summed E-state index contributed by atoms with van der Waals surface area (Å²) >= 11 is 5.87. The number of amidine groups is 1. The molecule has 4 N–H and O–H groups in total. The van der Waals surface area contributed by atoms with Crippen LogP contribution in [0.4, 0.5) is 4.39 Å². The molecule has 1 saturated heterocycles. The van der Waals surface area contributed by atoms with E-state index in [0.29, 0.717) is 35.7 Å². The molecule has 0 bridgehead atoms. The van der Waals surface area contributed by atoms with E-state index in [1.54, 1.807) is 29.2 Å². The molecule has 1 unspecified atom stereocenters. The Morgan fingerprint density at radius 1 is 1.29 bits per heavy atom. The Bertz CT molecular complexity index is 1060. The van der Waals surface area contributed by atoms with Crippen LogP contribution in [-0.4, -0.2) is 36.2 Å². The molecule has 1 fully saturated rings. The highest BCUT2D eigenvalue weighted by Gasteiger charge is 2.20. The maximum absolute atomic E-state index is 13.8. The summed E-state index contributed by atoms with van der Waals surface area (Å²) in [6.45, 7) is 1.14. The number of nitrogens with zero attached hydrogens (tertiary/aromatic N) is 3. The topological polar surface area (TPSA) is 118 Å². The van der Waals surface area contributed by atoms with Gasteiger partial charge in [0, 0.05) is 17.6 Å². The normalized spacial score (nSPS) is 17.5. The lowest BCUT2D eigenvalue weighted by molar-refractivity contribution is -0.104. The summed E-state index contributed by atoms with van der Waals surface area (Å²) in [5, 5.41) is 9.40. The van der Waals surface area contributed by atoms with Crippen molar-refractivity contribution in [2.75, 3.05) is 13.1 Å². The molecule has 3 rings (SSSR count). The summed E-state index contributed by atoms with van der Waals surface area (Å²) in [6, 6.07) is 10.3. The highest BCUT2D eigenvalue weighted by molar-refractivity contribution is 6.30. The Kier molecular flexibility index (Phi) is 7.11. The Labute approximate surface area is 184 Å². The van der Waals surface area contributed by atoms with E-state index in [9.17, 15) is 9.18 Å². The van der Waals surface area contributed by atoms with Crippen molar-refractivity contribution in [1.82, 2.24) is 4.90 Å². The molecule has 7 nitrogen and oxygen atoms in total. The van der Waals surface area contributed by atoms with Crippen LogP contribution in [0.1, 0.15) is 18.4 Å². The number of rotatable bonds is 6. The second kappa shape index (κ2) is 9.96. The van der Waals surface area contributed by atoms with Crippen LogP contribution in [-0.2, 0) is 4.79 Å². The second-order valence-corrected chi connectivity index (χ2v) is 7.44. The van der Waals surface area contributed by atoms with Gasteiger partial charge in [0.1, 0.15) is 11.6 Å². The van der Waals surface area contributed by atoms with Crippen molar-refractivity contribution in [1.29, 1.82) is 5.26 Å². The van der Waals surface area contributed by atoms with Crippen molar-refractivity contribution < 1.29 is 13.9 Å². The molecular weight excluding hydrogens is 421 g/mol. The number of ether oxygens (including phenoxy) is 1. The molecule has 2 aromatic rings. The first kappa shape index (κ1) is 22.1. The molecule has 2 aromatic carbocycles. The van der Waals surface area contributed by atoms with Gasteiger partial charge in [-0.1, -0.05) is 11.6 Å². The second-order valence-electron chi connectivity index (χ2n) is 7.00. The highest BCUT2D eigenvalue weighted by Crippen LogP contribution is 2.28. The van der Waals surface area contributed by atoms with Crippen molar-refractivity contribution in [3.63, 3.8) is 0 Å². The summed E-state index contributed by atoms with van der Waals surface area (Å²) in [7, 11) is 0. The van der Waals surface area contributed by atoms with Gasteiger partial charge in [-0.25, -0.2) is 4.39 Å². The summed E-state index contributed by atoms with van der Waals surface area (Å²) in [5.41, 5.74) is 13.0. The van der Waals surface area contributed by atoms with Crippen LogP contribution >= 0.6 is 11.6 Å². The van der Waals surface area contributed by atoms with E-state index in [0.717, 1.165) is 12.8 Å². The number of benzene rings is 2. The number of aldehydes is 1. The molecule has 9 heteroatoms. The number of hydrogen-bond donors (Lipinski definition) is 2. The van der Waals surface area contributed by atoms with Gasteiger partial charge in [-0.2, -0.15) is 5.26 Å². The first-order chi connectivity index (χ1) is 14.9. The van der Waals surface area contributed by atoms with Crippen LogP contribution < -0.4 is 16.2 Å². The zero-order chi connectivity index (χ0) is 22.4. The van der Waals surface area contributed by atoms with Gasteiger partial charge < -0.3 is 21.1 Å². The molecule has 0 aromatic heterocycles. The first-order valence-corrected chi connectivity index (χ1v) is 9.95. The van der Waals surface area contributed by atoms with Crippen LogP contribution in [0.3, 0.4) is 0 Å². The number of aliphatic imine (C=N–C) groups is 1. The maximum Gasteiger partial charge on any atom is 0.179 e. The maximum atomic E-state index is 13.8. The molecule has 0 radical (unpaired) electrons. The highest BCUT2D eigenvalue weighted by atomic mass is 35.5. The van der Waals surface area contributed by atoms with Crippen LogP contribution in [0.2, 0.25) is 5.02 Å². The number of piperidine rings is 1. The van der Waals surface area contributed by atoms with E-state index in [4.69, 9.17) is 33.1 Å². The minimum Gasteiger partial charge on any atom is -0.454 e. The molecule has 1 aliphatic rings. The number of nitriles is 1. The smallest absolute Gasteiger partial charge is 0.179 e. The summed E-state index contributed by atoms with van der Waals surface area (Å²) in [4.78, 5) is 17.7. The number of carbonyl (C=O) groups excluding carboxylic acids is 1. The fraction of sp³-hybridized carbons (Fsp3) is 0.227. The standard InChI is InChI=1S/C22H21ClFN5O2/c23-15-5-8-19(24)20(10-15)31-17-6-3-14(4-7-17)21(26)18(12-30)22(27)28-16-2-1-9-29(11-16)13-25/h3-8,10,12,16H,1-2,9,11,26H2,(H2,27,28). The van der Waals surface area contributed by atoms with E-state index in [2.05, 4.69) is 11.2 Å². The van der Waals surface area contributed by atoms with Crippen molar-refractivity contribution in [3.8, 4) is 17.7 Å². The molecule has 0 aliphatic carbocycles. The van der Waals surface area contributed by atoms with Gasteiger partial charge in [0.15, 0.2) is 24.0 Å². The van der Waals surface area contributed by atoms with Crippen molar-refractivity contribution in [3.05, 3.63) is 64.4 Å². The lowest BCUT2D eigenvalue weighted by Crippen LogP contribution is -2.35. The Balaban J connectivity index is 1.79. The third-order valence-electron chi connectivity index (χ3n) is 4.83. The molecule has 0 spiro atoms. The molecule has 1 aliphatic heterocycles. The van der Waals surface area contributed by atoms with Crippen LogP contribution in [0.25, 0.3) is 5.70 Å². The van der Waals surface area contributed by atoms with Crippen molar-refractivity contribution >= 4 is 29.4 Å². The Morgan fingerprint density at radius 2 is 2.03 bits per heavy atom. The van der Waals surface area contributed by atoms with Crippen LogP contribution in [0.15, 0.2) is 53.0 Å². The predicted octanol–water partition coefficient (Wildman–Crippen LogP) is 3.44. The summed E-state index contributed by atoms with van der Waals surface area (Å²) in [6.07, 6.45) is 4.26. The Morgan fingerprint density at radius 3 is 2.71 bits per heavy atom. The third kappa shape index (κ3) is 5.53. The molecule has 1 atom stereocenters. The predicted molar refractivity (Wildman–Crippen MR) is 117 cm³/mol. The van der Waals surface area contributed by atoms with E-state index < -0.39 is 5.82 Å². The SMILES string of the molecule is N#CN1CCCC(N=C(N)C(C=O)=C(N)c2ccc(Oc3cc(Cl)ccc3F)cc2)C1. The van der Waals surface area contributed by atoms with Gasteiger partial charge in [0.05, 0.1) is 23.9 Å². The number of likely N-dealkylation sites (tertiary alicyclic amines) is 1. The number of nitrogens with two attached hydrogens (primary N) is 2. The number of hydrogen-bond acceptors (Lipinski definition) is 6. The van der Waals surface area contributed by atoms with E-state index >= 15 is 0 Å². The van der Waals surface area contributed by atoms with Crippen LogP contribution in [0.5, 0.6) is 11.5 Å². The molecule has 31 heavy (non-hydrogen) atoms. The molecule has 160 valence electrons. The minimum absolute atomic E-state index is 0.00684. The largest absolute Gasteiger partial charge is 0.454 e. The van der Waals surface area contributed by atoms with Gasteiger partial charge in [-0.15, -0.1) is 0 Å². The van der Waals surface area contributed by atoms with Gasteiger partial charge in [0.2, 0.25) is 0 Å². The average molecular weight is 442 g/mol. The van der Waals surface area contributed by atoms with Crippen molar-refractivity contribution in [2.24, 2.45) is 16.5 Å². The molecule has 0 saturated carbocycles. The van der Waals surface area contributed by atoms with Gasteiger partial charge in [0.25, 0.3) is 0 Å². The van der Waals surface area contributed by atoms with Crippen LogP contribution in [0, 0.1) is 17.3 Å². The Hall–Kier alpha value is -3.57. The zero-order valence-corrected chi connectivity index (χ0v) is 17.3. The average Bonchev–Trinajstić information content (AvgIpc) is 2.77. The lowest BCUT2D eigenvalue weighted by Gasteiger charge is -2.26. The fourth-order valence-corrected chi connectivity index (χ4v) is 3.38. The monoisotopic (exact) mass is 441 g/mol. The lowest BCUT2D eigenvalue weighted by atomic mass is 10.0. The third-order valence-corrected chi connectivity index (χ3v) is 5.07. The van der Waals surface area contributed by atoms with E-state index in [-0.39, 0.29) is 28.9 Å². The van der Waals surface area contributed by atoms with Gasteiger partial charge >= 0.3 is 0 Å². The summed E-state index contributed by atoms with van der Waals surface area (Å²) in [5.74, 6) is -0.158. The zero-order valence-electron chi connectivity index (χ0n) is 16.6. The summed E-state index contributed by atoms with van der Waals surface area (Å²) < 4.78 is 19.4. The first-order valence-electron chi connectivity index (χ1n) is 9.58. The van der Waals surface area contributed by atoms with Gasteiger partial charge in [-0.3, -0.25) is 9.79 Å². The quantitative estimate of drug-likeness (QED) is 0.233. The fourth-order valence-electron chi connectivity index (χ4n) is 3.22. The van der Waals surface area contributed by atoms with E-state index in [1.807, 2.05) is 0 Å². The minimum atomic E-state index is -0.544.